The van der Waals surface area contributed by atoms with Crippen molar-refractivity contribution in [2.75, 3.05) is 13.2 Å². The summed E-state index contributed by atoms with van der Waals surface area (Å²) in [5.74, 6) is -1.48. The van der Waals surface area contributed by atoms with E-state index in [4.69, 9.17) is 9.84 Å². The summed E-state index contributed by atoms with van der Waals surface area (Å²) in [6.45, 7) is 3.55. The maximum absolute atomic E-state index is 12.8. The van der Waals surface area contributed by atoms with E-state index in [1.54, 1.807) is 0 Å². The summed E-state index contributed by atoms with van der Waals surface area (Å²) in [5, 5.41) is 12.0. The van der Waals surface area contributed by atoms with Crippen LogP contribution in [0.25, 0.3) is 11.1 Å². The van der Waals surface area contributed by atoms with E-state index in [-0.39, 0.29) is 43.0 Å². The second kappa shape index (κ2) is 9.65. The van der Waals surface area contributed by atoms with E-state index in [0.717, 1.165) is 11.1 Å². The average Bonchev–Trinajstić information content (AvgIpc) is 3.38. The van der Waals surface area contributed by atoms with Crippen LogP contribution in [0, 0.1) is 5.92 Å². The lowest BCUT2D eigenvalue weighted by molar-refractivity contribution is -0.147. The number of nitrogens with zero attached hydrogens (tertiary/aromatic N) is 1. The molecule has 2 unspecified atom stereocenters. The Morgan fingerprint density at radius 2 is 1.64 bits per heavy atom. The number of nitrogens with one attached hydrogen (secondary N) is 1. The van der Waals surface area contributed by atoms with Gasteiger partial charge in [0, 0.05) is 23.9 Å². The van der Waals surface area contributed by atoms with Crippen LogP contribution in [0.15, 0.2) is 48.5 Å². The van der Waals surface area contributed by atoms with Gasteiger partial charge in [-0.15, -0.1) is 0 Å². The van der Waals surface area contributed by atoms with E-state index in [9.17, 15) is 14.4 Å². The first kappa shape index (κ1) is 22.8. The molecule has 7 nitrogen and oxygen atoms in total. The quantitative estimate of drug-likeness (QED) is 0.664. The molecule has 2 amide bonds. The molecule has 0 bridgehead atoms. The van der Waals surface area contributed by atoms with E-state index in [0.29, 0.717) is 19.3 Å². The predicted molar refractivity (Wildman–Crippen MR) is 124 cm³/mol. The molecular weight excluding hydrogens is 420 g/mol. The molecule has 33 heavy (non-hydrogen) atoms. The van der Waals surface area contributed by atoms with Gasteiger partial charge in [0.1, 0.15) is 13.2 Å². The Balaban J connectivity index is 1.32. The minimum absolute atomic E-state index is 0.00308. The van der Waals surface area contributed by atoms with Crippen LogP contribution < -0.4 is 5.32 Å². The van der Waals surface area contributed by atoms with Crippen LogP contribution in [0.5, 0.6) is 0 Å². The number of aliphatic carboxylic acids is 1. The molecule has 0 heterocycles. The van der Waals surface area contributed by atoms with Gasteiger partial charge in [-0.2, -0.15) is 0 Å². The molecule has 174 valence electrons. The second-order valence-electron chi connectivity index (χ2n) is 9.13. The van der Waals surface area contributed by atoms with Gasteiger partial charge < -0.3 is 20.1 Å². The minimum Gasteiger partial charge on any atom is -0.480 e. The van der Waals surface area contributed by atoms with Gasteiger partial charge in [0.25, 0.3) is 0 Å². The molecule has 2 aliphatic rings. The highest BCUT2D eigenvalue weighted by Gasteiger charge is 2.35. The monoisotopic (exact) mass is 450 g/mol. The molecule has 0 aromatic heterocycles. The molecule has 2 aromatic rings. The average molecular weight is 451 g/mol. The molecule has 2 N–H and O–H groups in total. The zero-order chi connectivity index (χ0) is 23.5. The van der Waals surface area contributed by atoms with Crippen LogP contribution in [-0.2, 0) is 14.3 Å². The topological polar surface area (TPSA) is 95.9 Å². The van der Waals surface area contributed by atoms with Crippen LogP contribution in [0.1, 0.15) is 50.2 Å². The van der Waals surface area contributed by atoms with E-state index in [1.807, 2.05) is 38.1 Å². The van der Waals surface area contributed by atoms with Crippen LogP contribution in [-0.4, -0.2) is 53.2 Å². The van der Waals surface area contributed by atoms with Gasteiger partial charge in [0.05, 0.1) is 0 Å². The van der Waals surface area contributed by atoms with Crippen LogP contribution in [0.2, 0.25) is 0 Å². The van der Waals surface area contributed by atoms with Gasteiger partial charge in [-0.25, -0.2) is 4.79 Å². The van der Waals surface area contributed by atoms with Crippen LogP contribution in [0.4, 0.5) is 4.79 Å². The fourth-order valence-electron chi connectivity index (χ4n) is 5.04. The number of carboxylic acids is 1. The van der Waals surface area contributed by atoms with E-state index >= 15 is 0 Å². The van der Waals surface area contributed by atoms with Crippen molar-refractivity contribution in [2.24, 2.45) is 5.92 Å². The number of hydrogen-bond donors (Lipinski definition) is 2. The van der Waals surface area contributed by atoms with E-state index in [1.165, 1.54) is 16.0 Å². The summed E-state index contributed by atoms with van der Waals surface area (Å²) in [6.07, 6.45) is 1.29. The molecule has 0 aliphatic heterocycles. The Labute approximate surface area is 193 Å². The van der Waals surface area contributed by atoms with Gasteiger partial charge in [-0.3, -0.25) is 9.59 Å². The first-order valence-corrected chi connectivity index (χ1v) is 11.5. The number of carbonyl (C=O) groups is 3. The number of carboxylic acid groups (broad SMARTS) is 1. The number of hydrogen-bond acceptors (Lipinski definition) is 4. The first-order chi connectivity index (χ1) is 15.8. The predicted octanol–water partition coefficient (Wildman–Crippen LogP) is 4.02. The van der Waals surface area contributed by atoms with Gasteiger partial charge >= 0.3 is 12.1 Å². The third-order valence-corrected chi connectivity index (χ3v) is 6.66. The van der Waals surface area contributed by atoms with Crippen molar-refractivity contribution >= 4 is 18.0 Å². The Kier molecular flexibility index (Phi) is 6.67. The van der Waals surface area contributed by atoms with Crippen molar-refractivity contribution in [3.8, 4) is 11.1 Å². The van der Waals surface area contributed by atoms with Crippen molar-refractivity contribution in [3.05, 3.63) is 59.7 Å². The largest absolute Gasteiger partial charge is 0.480 e. The number of fused-ring (bicyclic) bond motifs is 3. The first-order valence-electron chi connectivity index (χ1n) is 11.5. The lowest BCUT2D eigenvalue weighted by atomic mass is 9.98. The molecule has 0 saturated heterocycles. The zero-order valence-corrected chi connectivity index (χ0v) is 19.0. The van der Waals surface area contributed by atoms with Crippen molar-refractivity contribution in [3.63, 3.8) is 0 Å². The smallest absolute Gasteiger partial charge is 0.407 e. The fourth-order valence-corrected chi connectivity index (χ4v) is 5.04. The number of carbonyl (C=O) groups excluding carboxylic acids is 2. The number of benzene rings is 2. The second-order valence-corrected chi connectivity index (χ2v) is 9.13. The van der Waals surface area contributed by atoms with Gasteiger partial charge in [0.2, 0.25) is 5.91 Å². The third kappa shape index (κ3) is 4.87. The Bertz CT molecular complexity index is 1000. The highest BCUT2D eigenvalue weighted by molar-refractivity contribution is 5.84. The molecule has 2 aliphatic carbocycles. The summed E-state index contributed by atoms with van der Waals surface area (Å²) in [6, 6.07) is 16.0. The summed E-state index contributed by atoms with van der Waals surface area (Å²) < 4.78 is 5.61. The fraction of sp³-hybridized carbons (Fsp3) is 0.423. The highest BCUT2D eigenvalue weighted by Crippen LogP contribution is 2.44. The molecule has 1 fully saturated rings. The highest BCUT2D eigenvalue weighted by atomic mass is 16.5. The molecule has 2 atom stereocenters. The minimum atomic E-state index is -1.02. The third-order valence-electron chi connectivity index (χ3n) is 6.66. The molecular formula is C26H30N2O5. The number of alkyl carbamates (subject to hydrolysis) is 1. The zero-order valence-electron chi connectivity index (χ0n) is 19.0. The summed E-state index contributed by atoms with van der Waals surface area (Å²) >= 11 is 0. The van der Waals surface area contributed by atoms with Gasteiger partial charge in [-0.05, 0) is 55.4 Å². The Hall–Kier alpha value is -3.35. The van der Waals surface area contributed by atoms with Gasteiger partial charge in [0.15, 0.2) is 0 Å². The molecule has 4 rings (SSSR count). The SMILES string of the molecule is CC(C)N(CC(=O)O)C(=O)C1CCC(NC(=O)OCC2c3ccccc3-c3ccccc32)C1. The van der Waals surface area contributed by atoms with E-state index in [2.05, 4.69) is 29.6 Å². The molecule has 7 heteroatoms. The number of amides is 2. The summed E-state index contributed by atoms with van der Waals surface area (Å²) in [4.78, 5) is 37.8. The van der Waals surface area contributed by atoms with Crippen molar-refractivity contribution in [2.45, 2.75) is 51.1 Å². The molecule has 0 radical (unpaired) electrons. The molecule has 0 spiro atoms. The lowest BCUT2D eigenvalue weighted by Gasteiger charge is -2.27. The number of ether oxygens (including phenoxy) is 1. The maximum atomic E-state index is 12.8. The summed E-state index contributed by atoms with van der Waals surface area (Å²) in [7, 11) is 0. The molecule has 1 saturated carbocycles. The van der Waals surface area contributed by atoms with Crippen molar-refractivity contribution in [1.82, 2.24) is 10.2 Å². The van der Waals surface area contributed by atoms with E-state index < -0.39 is 12.1 Å². The van der Waals surface area contributed by atoms with Crippen LogP contribution >= 0.6 is 0 Å². The van der Waals surface area contributed by atoms with Crippen molar-refractivity contribution in [1.29, 1.82) is 0 Å². The normalized spacial score (nSPS) is 19.1. The lowest BCUT2D eigenvalue weighted by Crippen LogP contribution is -2.44. The van der Waals surface area contributed by atoms with Crippen molar-refractivity contribution < 1.29 is 24.2 Å². The summed E-state index contributed by atoms with van der Waals surface area (Å²) in [5.41, 5.74) is 4.67. The standard InChI is InChI=1S/C26H30N2O5/c1-16(2)28(14-24(29)30)25(31)17-11-12-18(13-17)27-26(32)33-15-23-21-9-5-3-7-19(21)20-8-4-6-10-22(20)23/h3-10,16-18,23H,11-15H2,1-2H3,(H,27,32)(H,29,30). The molecule has 2 aromatic carbocycles. The van der Waals surface area contributed by atoms with Gasteiger partial charge in [-0.1, -0.05) is 48.5 Å². The Morgan fingerprint density at radius 3 is 2.21 bits per heavy atom. The number of rotatable bonds is 7. The van der Waals surface area contributed by atoms with Crippen LogP contribution in [0.3, 0.4) is 0 Å². The Morgan fingerprint density at radius 1 is 1.03 bits per heavy atom. The maximum Gasteiger partial charge on any atom is 0.407 e.